The predicted octanol–water partition coefficient (Wildman–Crippen LogP) is 3.36. The monoisotopic (exact) mass is 411 g/mol. The SMILES string of the molecule is CCc1cccc(CC)c1-n1c(=O)nc(N2CCNC[C@@H]2C)c2ccc(Cl)nc21. The van der Waals surface area contributed by atoms with Gasteiger partial charge in [0, 0.05) is 25.7 Å². The molecular weight excluding hydrogens is 386 g/mol. The number of hydrogen-bond acceptors (Lipinski definition) is 5. The van der Waals surface area contributed by atoms with Crippen molar-refractivity contribution in [3.05, 3.63) is 57.1 Å². The van der Waals surface area contributed by atoms with Crippen LogP contribution in [0.5, 0.6) is 0 Å². The number of rotatable bonds is 4. The third kappa shape index (κ3) is 3.51. The van der Waals surface area contributed by atoms with E-state index < -0.39 is 0 Å². The van der Waals surface area contributed by atoms with Crippen molar-refractivity contribution < 1.29 is 0 Å². The molecule has 0 amide bonds. The second kappa shape index (κ2) is 8.13. The van der Waals surface area contributed by atoms with E-state index in [9.17, 15) is 4.79 Å². The third-order valence-corrected chi connectivity index (χ3v) is 5.86. The van der Waals surface area contributed by atoms with Gasteiger partial charge < -0.3 is 10.2 Å². The average Bonchev–Trinajstić information content (AvgIpc) is 2.73. The lowest BCUT2D eigenvalue weighted by Crippen LogP contribution is -2.50. The van der Waals surface area contributed by atoms with E-state index in [2.05, 4.69) is 53.1 Å². The fourth-order valence-corrected chi connectivity index (χ4v) is 4.28. The topological polar surface area (TPSA) is 63.1 Å². The van der Waals surface area contributed by atoms with Crippen molar-refractivity contribution in [2.75, 3.05) is 24.5 Å². The number of aromatic nitrogens is 3. The van der Waals surface area contributed by atoms with Gasteiger partial charge in [-0.1, -0.05) is 43.6 Å². The number of anilines is 1. The van der Waals surface area contributed by atoms with Gasteiger partial charge in [-0.25, -0.2) is 14.3 Å². The van der Waals surface area contributed by atoms with Gasteiger partial charge in [-0.15, -0.1) is 0 Å². The van der Waals surface area contributed by atoms with Crippen molar-refractivity contribution in [3.63, 3.8) is 0 Å². The first-order chi connectivity index (χ1) is 14.0. The Morgan fingerprint density at radius 3 is 2.52 bits per heavy atom. The second-order valence-corrected chi connectivity index (χ2v) is 7.82. The highest BCUT2D eigenvalue weighted by Gasteiger charge is 2.25. The number of para-hydroxylation sites is 1. The molecule has 0 saturated carbocycles. The minimum atomic E-state index is -0.316. The molecule has 2 aromatic heterocycles. The summed E-state index contributed by atoms with van der Waals surface area (Å²) in [5, 5.41) is 4.59. The summed E-state index contributed by atoms with van der Waals surface area (Å²) in [6.07, 6.45) is 1.63. The molecule has 1 fully saturated rings. The van der Waals surface area contributed by atoms with Gasteiger partial charge in [0.1, 0.15) is 11.0 Å². The lowest BCUT2D eigenvalue weighted by molar-refractivity contribution is 0.497. The summed E-state index contributed by atoms with van der Waals surface area (Å²) in [5.74, 6) is 0.687. The highest BCUT2D eigenvalue weighted by atomic mass is 35.5. The fraction of sp³-hybridized carbons (Fsp3) is 0.409. The maximum absolute atomic E-state index is 13.4. The van der Waals surface area contributed by atoms with Crippen LogP contribution in [-0.4, -0.2) is 40.2 Å². The summed E-state index contributed by atoms with van der Waals surface area (Å²) in [7, 11) is 0. The molecule has 7 heteroatoms. The molecule has 3 heterocycles. The average molecular weight is 412 g/mol. The quantitative estimate of drug-likeness (QED) is 0.667. The Hall–Kier alpha value is -2.44. The van der Waals surface area contributed by atoms with Crippen LogP contribution in [0.2, 0.25) is 5.15 Å². The van der Waals surface area contributed by atoms with Crippen LogP contribution < -0.4 is 15.9 Å². The smallest absolute Gasteiger partial charge is 0.351 e. The summed E-state index contributed by atoms with van der Waals surface area (Å²) < 4.78 is 1.65. The number of nitrogens with zero attached hydrogens (tertiary/aromatic N) is 4. The molecule has 0 spiro atoms. The van der Waals surface area contributed by atoms with Gasteiger partial charge in [-0.05, 0) is 43.0 Å². The molecule has 1 N–H and O–H groups in total. The molecule has 0 bridgehead atoms. The van der Waals surface area contributed by atoms with E-state index in [1.807, 2.05) is 12.1 Å². The van der Waals surface area contributed by atoms with Crippen molar-refractivity contribution in [2.24, 2.45) is 0 Å². The number of fused-ring (bicyclic) bond motifs is 1. The number of piperazine rings is 1. The highest BCUT2D eigenvalue weighted by molar-refractivity contribution is 6.29. The third-order valence-electron chi connectivity index (χ3n) is 5.65. The molecule has 1 aliphatic rings. The first kappa shape index (κ1) is 19.9. The van der Waals surface area contributed by atoms with E-state index in [0.29, 0.717) is 16.6 Å². The number of benzene rings is 1. The molecule has 1 aliphatic heterocycles. The van der Waals surface area contributed by atoms with Crippen molar-refractivity contribution >= 4 is 28.5 Å². The Bertz CT molecular complexity index is 1090. The molecule has 1 atom stereocenters. The van der Waals surface area contributed by atoms with Gasteiger partial charge in [0.2, 0.25) is 0 Å². The molecule has 0 unspecified atom stereocenters. The molecular formula is C22H26ClN5O. The first-order valence-corrected chi connectivity index (χ1v) is 10.6. The lowest BCUT2D eigenvalue weighted by Gasteiger charge is -2.35. The van der Waals surface area contributed by atoms with E-state index in [1.165, 1.54) is 0 Å². The van der Waals surface area contributed by atoms with Crippen LogP contribution in [0, 0.1) is 0 Å². The van der Waals surface area contributed by atoms with Crippen molar-refractivity contribution in [2.45, 2.75) is 39.7 Å². The summed E-state index contributed by atoms with van der Waals surface area (Å²) >= 11 is 6.27. The molecule has 0 radical (unpaired) electrons. The Balaban J connectivity index is 2.06. The molecule has 0 aliphatic carbocycles. The van der Waals surface area contributed by atoms with Crippen LogP contribution in [0.4, 0.5) is 5.82 Å². The summed E-state index contributed by atoms with van der Waals surface area (Å²) in [5.41, 5.74) is 3.33. The molecule has 29 heavy (non-hydrogen) atoms. The largest absolute Gasteiger partial charge is 0.355 e. The number of halogens is 1. The number of hydrogen-bond donors (Lipinski definition) is 1. The zero-order chi connectivity index (χ0) is 20.5. The molecule has 3 aromatic rings. The van der Waals surface area contributed by atoms with Gasteiger partial charge in [0.05, 0.1) is 11.1 Å². The van der Waals surface area contributed by atoms with E-state index in [4.69, 9.17) is 11.6 Å². The maximum Gasteiger partial charge on any atom is 0.355 e. The zero-order valence-electron chi connectivity index (χ0n) is 17.1. The summed E-state index contributed by atoms with van der Waals surface area (Å²) in [4.78, 5) is 24.7. The Kier molecular flexibility index (Phi) is 5.56. The van der Waals surface area contributed by atoms with Crippen LogP contribution in [0.25, 0.3) is 16.7 Å². The van der Waals surface area contributed by atoms with Gasteiger partial charge in [0.15, 0.2) is 5.65 Å². The van der Waals surface area contributed by atoms with E-state index in [1.54, 1.807) is 10.6 Å². The lowest BCUT2D eigenvalue weighted by atomic mass is 10.0. The Morgan fingerprint density at radius 2 is 1.86 bits per heavy atom. The second-order valence-electron chi connectivity index (χ2n) is 7.44. The normalized spacial score (nSPS) is 17.1. The molecule has 4 rings (SSSR count). The minimum Gasteiger partial charge on any atom is -0.351 e. The van der Waals surface area contributed by atoms with E-state index in [0.717, 1.165) is 54.7 Å². The van der Waals surface area contributed by atoms with Crippen molar-refractivity contribution in [1.29, 1.82) is 0 Å². The fourth-order valence-electron chi connectivity index (χ4n) is 4.14. The summed E-state index contributed by atoms with van der Waals surface area (Å²) in [6.45, 7) is 8.83. The van der Waals surface area contributed by atoms with Crippen molar-refractivity contribution in [3.8, 4) is 5.69 Å². The minimum absolute atomic E-state index is 0.236. The van der Waals surface area contributed by atoms with Crippen LogP contribution in [-0.2, 0) is 12.8 Å². The molecule has 6 nitrogen and oxygen atoms in total. The van der Waals surface area contributed by atoms with E-state index >= 15 is 0 Å². The van der Waals surface area contributed by atoms with Crippen LogP contribution in [0.1, 0.15) is 31.9 Å². The molecule has 1 aromatic carbocycles. The highest BCUT2D eigenvalue weighted by Crippen LogP contribution is 2.29. The van der Waals surface area contributed by atoms with Crippen LogP contribution >= 0.6 is 11.6 Å². The Labute approximate surface area is 175 Å². The maximum atomic E-state index is 13.4. The van der Waals surface area contributed by atoms with Gasteiger partial charge in [0.25, 0.3) is 0 Å². The van der Waals surface area contributed by atoms with Gasteiger partial charge >= 0.3 is 5.69 Å². The van der Waals surface area contributed by atoms with E-state index in [-0.39, 0.29) is 11.7 Å². The van der Waals surface area contributed by atoms with Gasteiger partial charge in [-0.3, -0.25) is 0 Å². The van der Waals surface area contributed by atoms with Gasteiger partial charge in [-0.2, -0.15) is 4.98 Å². The number of aryl methyl sites for hydroxylation is 2. The molecule has 152 valence electrons. The van der Waals surface area contributed by atoms with Crippen LogP contribution in [0.15, 0.2) is 35.1 Å². The first-order valence-electron chi connectivity index (χ1n) is 10.2. The molecule has 1 saturated heterocycles. The van der Waals surface area contributed by atoms with Crippen molar-refractivity contribution in [1.82, 2.24) is 19.9 Å². The summed E-state index contributed by atoms with van der Waals surface area (Å²) in [6, 6.07) is 10.1. The number of pyridine rings is 1. The standard InChI is InChI=1S/C22H26ClN5O/c1-4-15-7-6-8-16(5-2)19(15)28-21-17(9-10-18(23)25-21)20(26-22(28)29)27-12-11-24-13-14(27)3/h6-10,14,24H,4-5,11-13H2,1-3H3/t14-/m0/s1. The number of nitrogens with one attached hydrogen (secondary N) is 1. The zero-order valence-corrected chi connectivity index (χ0v) is 17.8. The Morgan fingerprint density at radius 1 is 1.14 bits per heavy atom. The predicted molar refractivity (Wildman–Crippen MR) is 119 cm³/mol. The van der Waals surface area contributed by atoms with Crippen LogP contribution in [0.3, 0.4) is 0 Å².